The molecule has 0 saturated heterocycles. The van der Waals surface area contributed by atoms with E-state index in [2.05, 4.69) is 28.5 Å². The summed E-state index contributed by atoms with van der Waals surface area (Å²) in [5.41, 5.74) is 2.26. The van der Waals surface area contributed by atoms with E-state index in [0.717, 1.165) is 17.8 Å². The van der Waals surface area contributed by atoms with E-state index in [1.807, 2.05) is 19.9 Å². The lowest BCUT2D eigenvalue weighted by atomic mass is 9.85. The topological polar surface area (TPSA) is 63.8 Å². The molecular weight excluding hydrogens is 262 g/mol. The summed E-state index contributed by atoms with van der Waals surface area (Å²) in [5.74, 6) is 0.617. The molecule has 0 bridgehead atoms. The highest BCUT2D eigenvalue weighted by Crippen LogP contribution is 2.28. The summed E-state index contributed by atoms with van der Waals surface area (Å²) < 4.78 is 0. The monoisotopic (exact) mass is 285 g/mol. The fraction of sp³-hybridized carbons (Fsp3) is 0.562. The summed E-state index contributed by atoms with van der Waals surface area (Å²) in [4.78, 5) is 0. The number of nitrogens with zero attached hydrogens (tertiary/aromatic N) is 4. The van der Waals surface area contributed by atoms with Crippen LogP contribution in [0.2, 0.25) is 0 Å². The van der Waals surface area contributed by atoms with Crippen LogP contribution in [-0.2, 0) is 0 Å². The molecule has 0 aromatic heterocycles. The van der Waals surface area contributed by atoms with Gasteiger partial charge < -0.3 is 5.32 Å². The molecule has 2 atom stereocenters. The molecule has 0 radical (unpaired) electrons. The van der Waals surface area contributed by atoms with Gasteiger partial charge in [-0.2, -0.15) is 20.6 Å². The van der Waals surface area contributed by atoms with Gasteiger partial charge in [0.1, 0.15) is 11.8 Å². The second-order valence-corrected chi connectivity index (χ2v) is 5.49. The number of rotatable bonds is 3. The fourth-order valence-electron chi connectivity index (χ4n) is 2.89. The Kier molecular flexibility index (Phi) is 5.15. The minimum atomic E-state index is 0.408. The maximum Gasteiger partial charge on any atom is 0.106 e. The molecule has 1 heterocycles. The van der Waals surface area contributed by atoms with Crippen LogP contribution >= 0.6 is 0 Å². The number of hydrogen-bond acceptors (Lipinski definition) is 5. The number of nitriles is 1. The SMILES string of the molecule is CC=C1C(NC2CCCCC2C)=C(C#N)C=NN1/N=C\C. The van der Waals surface area contributed by atoms with Crippen molar-refractivity contribution < 1.29 is 0 Å². The third-order valence-corrected chi connectivity index (χ3v) is 4.10. The van der Waals surface area contributed by atoms with E-state index < -0.39 is 0 Å². The number of nitrogens with one attached hydrogen (secondary N) is 1. The van der Waals surface area contributed by atoms with Gasteiger partial charge in [-0.1, -0.05) is 25.8 Å². The summed E-state index contributed by atoms with van der Waals surface area (Å²) in [5, 5.41) is 22.9. The van der Waals surface area contributed by atoms with Crippen LogP contribution in [0, 0.1) is 17.2 Å². The first-order chi connectivity index (χ1) is 10.2. The molecule has 5 heteroatoms. The molecular formula is C16H23N5. The first-order valence-electron chi connectivity index (χ1n) is 7.61. The van der Waals surface area contributed by atoms with Crippen LogP contribution < -0.4 is 5.32 Å². The van der Waals surface area contributed by atoms with Gasteiger partial charge in [-0.3, -0.25) is 0 Å². The summed E-state index contributed by atoms with van der Waals surface area (Å²) in [6, 6.07) is 2.64. The molecule has 1 N–H and O–H groups in total. The molecule has 1 aliphatic heterocycles. The molecule has 112 valence electrons. The predicted octanol–water partition coefficient (Wildman–Crippen LogP) is 3.14. The molecule has 0 amide bonds. The molecule has 2 aliphatic rings. The van der Waals surface area contributed by atoms with Crippen LogP contribution in [0.4, 0.5) is 0 Å². The lowest BCUT2D eigenvalue weighted by molar-refractivity contribution is 0.289. The highest BCUT2D eigenvalue weighted by atomic mass is 15.7. The average molecular weight is 285 g/mol. The molecule has 2 unspecified atom stereocenters. The van der Waals surface area contributed by atoms with Crippen molar-refractivity contribution in [3.05, 3.63) is 23.0 Å². The summed E-state index contributed by atoms with van der Waals surface area (Å²) in [7, 11) is 0. The second kappa shape index (κ2) is 7.07. The second-order valence-electron chi connectivity index (χ2n) is 5.49. The predicted molar refractivity (Wildman–Crippen MR) is 85.4 cm³/mol. The Hall–Kier alpha value is -2.09. The van der Waals surface area contributed by atoms with E-state index in [9.17, 15) is 5.26 Å². The molecule has 0 aromatic carbocycles. The maximum absolute atomic E-state index is 9.36. The lowest BCUT2D eigenvalue weighted by Gasteiger charge is -2.33. The summed E-state index contributed by atoms with van der Waals surface area (Å²) in [6.45, 7) is 6.07. The Morgan fingerprint density at radius 3 is 2.81 bits per heavy atom. The Bertz CT molecular complexity index is 535. The third kappa shape index (κ3) is 3.33. The third-order valence-electron chi connectivity index (χ3n) is 4.10. The molecule has 21 heavy (non-hydrogen) atoms. The Balaban J connectivity index is 2.29. The quantitative estimate of drug-likeness (QED) is 0.810. The zero-order valence-electron chi connectivity index (χ0n) is 13.0. The van der Waals surface area contributed by atoms with Crippen molar-refractivity contribution in [3.8, 4) is 6.07 Å². The molecule has 2 rings (SSSR count). The fourth-order valence-corrected chi connectivity index (χ4v) is 2.89. The van der Waals surface area contributed by atoms with Gasteiger partial charge in [0.25, 0.3) is 0 Å². The van der Waals surface area contributed by atoms with Crippen molar-refractivity contribution in [2.45, 2.75) is 52.5 Å². The van der Waals surface area contributed by atoms with Crippen LogP contribution in [0.25, 0.3) is 0 Å². The van der Waals surface area contributed by atoms with Crippen molar-refractivity contribution in [1.29, 1.82) is 5.26 Å². The van der Waals surface area contributed by atoms with E-state index >= 15 is 0 Å². The zero-order valence-corrected chi connectivity index (χ0v) is 13.0. The maximum atomic E-state index is 9.36. The van der Waals surface area contributed by atoms with Gasteiger partial charge in [-0.25, -0.2) is 0 Å². The molecule has 0 aromatic rings. The van der Waals surface area contributed by atoms with E-state index in [0.29, 0.717) is 17.5 Å². The molecule has 0 spiro atoms. The Morgan fingerprint density at radius 2 is 2.19 bits per heavy atom. The molecule has 1 saturated carbocycles. The Labute approximate surface area is 126 Å². The highest BCUT2D eigenvalue weighted by molar-refractivity contribution is 5.87. The van der Waals surface area contributed by atoms with Crippen molar-refractivity contribution in [1.82, 2.24) is 10.4 Å². The summed E-state index contributed by atoms with van der Waals surface area (Å²) in [6.07, 6.45) is 10.1. The van der Waals surface area contributed by atoms with Gasteiger partial charge in [0.05, 0.1) is 17.5 Å². The number of allylic oxidation sites excluding steroid dienone is 2. The zero-order chi connectivity index (χ0) is 15.2. The van der Waals surface area contributed by atoms with Gasteiger partial charge >= 0.3 is 0 Å². The van der Waals surface area contributed by atoms with E-state index in [4.69, 9.17) is 0 Å². The minimum absolute atomic E-state index is 0.408. The van der Waals surface area contributed by atoms with E-state index in [1.165, 1.54) is 19.3 Å². The first kappa shape index (κ1) is 15.3. The lowest BCUT2D eigenvalue weighted by Crippen LogP contribution is -2.39. The normalized spacial score (nSPS) is 28.3. The number of hydrogen-bond donors (Lipinski definition) is 1. The van der Waals surface area contributed by atoms with Crippen LogP contribution in [0.3, 0.4) is 0 Å². The largest absolute Gasteiger partial charge is 0.379 e. The van der Waals surface area contributed by atoms with Gasteiger partial charge in [0, 0.05) is 12.3 Å². The van der Waals surface area contributed by atoms with Gasteiger partial charge in [-0.15, -0.1) is 0 Å². The van der Waals surface area contributed by atoms with Crippen LogP contribution in [0.15, 0.2) is 33.2 Å². The molecule has 1 aliphatic carbocycles. The first-order valence-corrected chi connectivity index (χ1v) is 7.61. The van der Waals surface area contributed by atoms with Crippen molar-refractivity contribution in [2.75, 3.05) is 0 Å². The van der Waals surface area contributed by atoms with E-state index in [1.54, 1.807) is 17.5 Å². The van der Waals surface area contributed by atoms with E-state index in [-0.39, 0.29) is 0 Å². The minimum Gasteiger partial charge on any atom is -0.379 e. The summed E-state index contributed by atoms with van der Waals surface area (Å²) >= 11 is 0. The standard InChI is InChI=1S/C16H23N5/c1-4-15-16(20-14-9-7-6-8-12(14)3)13(10-17)11-19-21(15)18-5-2/h4-5,11-12,14,20H,6-9H2,1-3H3/b15-4?,18-5-. The van der Waals surface area contributed by atoms with Crippen molar-refractivity contribution in [2.24, 2.45) is 16.1 Å². The van der Waals surface area contributed by atoms with Crippen LogP contribution in [0.1, 0.15) is 46.5 Å². The Morgan fingerprint density at radius 1 is 1.43 bits per heavy atom. The average Bonchev–Trinajstić information content (AvgIpc) is 2.50. The van der Waals surface area contributed by atoms with Crippen LogP contribution in [0.5, 0.6) is 0 Å². The van der Waals surface area contributed by atoms with Crippen LogP contribution in [-0.4, -0.2) is 23.6 Å². The van der Waals surface area contributed by atoms with Gasteiger partial charge in [-0.05, 0) is 32.6 Å². The van der Waals surface area contributed by atoms with Gasteiger partial charge in [0.15, 0.2) is 0 Å². The smallest absolute Gasteiger partial charge is 0.106 e. The molecule has 5 nitrogen and oxygen atoms in total. The van der Waals surface area contributed by atoms with Crippen molar-refractivity contribution in [3.63, 3.8) is 0 Å². The van der Waals surface area contributed by atoms with Gasteiger partial charge in [0.2, 0.25) is 0 Å². The molecule has 1 fully saturated rings. The number of hydrazone groups is 2. The van der Waals surface area contributed by atoms with Crippen molar-refractivity contribution >= 4 is 12.4 Å². The highest BCUT2D eigenvalue weighted by Gasteiger charge is 2.27.